The molecule has 5 saturated carbocycles. The molecular weight excluding hydrogens is 288 g/mol. The van der Waals surface area contributed by atoms with E-state index in [0.29, 0.717) is 0 Å². The maximum absolute atomic E-state index is 1.60. The van der Waals surface area contributed by atoms with Crippen LogP contribution in [-0.4, -0.2) is 0 Å². The molecule has 4 atom stereocenters. The summed E-state index contributed by atoms with van der Waals surface area (Å²) in [5, 5.41) is 0. The van der Waals surface area contributed by atoms with E-state index in [-0.39, 0.29) is 0 Å². The summed E-state index contributed by atoms with van der Waals surface area (Å²) in [4.78, 5) is 0. The molecule has 5 rings (SSSR count). The van der Waals surface area contributed by atoms with Crippen molar-refractivity contribution in [2.75, 3.05) is 0 Å². The molecule has 138 valence electrons. The van der Waals surface area contributed by atoms with Crippen LogP contribution < -0.4 is 0 Å². The third kappa shape index (κ3) is 4.21. The normalized spacial score (nSPS) is 45.0. The van der Waals surface area contributed by atoms with Gasteiger partial charge in [0.25, 0.3) is 0 Å². The van der Waals surface area contributed by atoms with Gasteiger partial charge >= 0.3 is 0 Å². The van der Waals surface area contributed by atoms with E-state index < -0.39 is 0 Å². The largest absolute Gasteiger partial charge is 0.0530 e. The molecule has 0 spiro atoms. The van der Waals surface area contributed by atoms with Crippen LogP contribution in [0.3, 0.4) is 0 Å². The molecule has 2 bridgehead atoms. The highest BCUT2D eigenvalue weighted by atomic mass is 14.4. The van der Waals surface area contributed by atoms with E-state index in [4.69, 9.17) is 0 Å². The van der Waals surface area contributed by atoms with Crippen molar-refractivity contribution in [1.29, 1.82) is 0 Å². The average molecular weight is 331 g/mol. The molecule has 5 aliphatic rings. The monoisotopic (exact) mass is 330 g/mol. The Labute approximate surface area is 151 Å². The second-order valence-electron chi connectivity index (χ2n) is 10.2. The summed E-state index contributed by atoms with van der Waals surface area (Å²) in [6.45, 7) is 0. The second-order valence-corrected chi connectivity index (χ2v) is 10.2. The smallest absolute Gasteiger partial charge is 0.0357 e. The molecule has 24 heavy (non-hydrogen) atoms. The molecule has 0 saturated heterocycles. The Bertz CT molecular complexity index is 364. The molecule has 0 heterocycles. The molecule has 0 aromatic heterocycles. The van der Waals surface area contributed by atoms with Gasteiger partial charge in [0, 0.05) is 0 Å². The zero-order chi connectivity index (χ0) is 16.2. The summed E-state index contributed by atoms with van der Waals surface area (Å²) >= 11 is 0. The third-order valence-electron chi connectivity index (χ3n) is 8.88. The van der Waals surface area contributed by atoms with Gasteiger partial charge in [0.15, 0.2) is 0 Å². The van der Waals surface area contributed by atoms with Gasteiger partial charge in [0.05, 0.1) is 0 Å². The molecule has 0 aromatic rings. The zero-order valence-electron chi connectivity index (χ0n) is 16.2. The van der Waals surface area contributed by atoms with Gasteiger partial charge in [0.2, 0.25) is 0 Å². The predicted molar refractivity (Wildman–Crippen MR) is 104 cm³/mol. The molecule has 5 fully saturated rings. The van der Waals surface area contributed by atoms with E-state index >= 15 is 0 Å². The fourth-order valence-corrected chi connectivity index (χ4v) is 7.43. The predicted octanol–water partition coefficient (Wildman–Crippen LogP) is 7.76. The number of rotatable bonds is 0. The van der Waals surface area contributed by atoms with Crippen LogP contribution in [0.25, 0.3) is 0 Å². The summed E-state index contributed by atoms with van der Waals surface area (Å²) in [6, 6.07) is 0. The Balaban J connectivity index is 1.42. The van der Waals surface area contributed by atoms with E-state index in [0.717, 1.165) is 35.5 Å². The molecule has 0 N–H and O–H groups in total. The van der Waals surface area contributed by atoms with E-state index in [1.165, 1.54) is 12.8 Å². The Morgan fingerprint density at radius 1 is 0.292 bits per heavy atom. The van der Waals surface area contributed by atoms with E-state index in [9.17, 15) is 0 Å². The number of hydrogen-bond donors (Lipinski definition) is 0. The van der Waals surface area contributed by atoms with Gasteiger partial charge in [0.1, 0.15) is 0 Å². The van der Waals surface area contributed by atoms with Crippen LogP contribution in [0.5, 0.6) is 0 Å². The van der Waals surface area contributed by atoms with Crippen molar-refractivity contribution in [3.63, 3.8) is 0 Å². The third-order valence-corrected chi connectivity index (χ3v) is 8.88. The summed E-state index contributed by atoms with van der Waals surface area (Å²) in [7, 11) is 0. The lowest BCUT2D eigenvalue weighted by molar-refractivity contribution is 0.0949. The van der Waals surface area contributed by atoms with Crippen molar-refractivity contribution in [2.24, 2.45) is 35.5 Å². The van der Waals surface area contributed by atoms with Crippen molar-refractivity contribution >= 4 is 0 Å². The first-order chi connectivity index (χ1) is 11.9. The Morgan fingerprint density at radius 2 is 0.667 bits per heavy atom. The number of fused-ring (bicyclic) bond motifs is 6. The van der Waals surface area contributed by atoms with Gasteiger partial charge in [-0.25, -0.2) is 0 Å². The molecular formula is C24H42. The van der Waals surface area contributed by atoms with Crippen LogP contribution in [0.1, 0.15) is 116 Å². The molecule has 5 aliphatic carbocycles. The van der Waals surface area contributed by atoms with E-state index in [2.05, 4.69) is 0 Å². The molecule has 0 radical (unpaired) electrons. The molecule has 0 heteroatoms. The molecule has 0 aromatic carbocycles. The minimum atomic E-state index is 1.11. The lowest BCUT2D eigenvalue weighted by Gasteiger charge is -2.42. The van der Waals surface area contributed by atoms with Crippen LogP contribution in [0, 0.1) is 35.5 Å². The van der Waals surface area contributed by atoms with Crippen molar-refractivity contribution in [1.82, 2.24) is 0 Å². The summed E-state index contributed by atoms with van der Waals surface area (Å²) in [5.74, 6) is 6.70. The lowest BCUT2D eigenvalue weighted by atomic mass is 9.64. The van der Waals surface area contributed by atoms with Crippen molar-refractivity contribution < 1.29 is 0 Å². The Morgan fingerprint density at radius 3 is 1.25 bits per heavy atom. The first-order valence-corrected chi connectivity index (χ1v) is 11.9. The SMILES string of the molecule is C1CCC2CCC3CCC(CC3)C3CCCCC3CCCCC2C1. The van der Waals surface area contributed by atoms with Gasteiger partial charge < -0.3 is 0 Å². The maximum Gasteiger partial charge on any atom is -0.0357 e. The van der Waals surface area contributed by atoms with Gasteiger partial charge in [-0.05, 0) is 61.2 Å². The van der Waals surface area contributed by atoms with Gasteiger partial charge in [-0.15, -0.1) is 0 Å². The second kappa shape index (κ2) is 8.59. The minimum absolute atomic E-state index is 1.11. The van der Waals surface area contributed by atoms with Crippen LogP contribution in [-0.2, 0) is 0 Å². The van der Waals surface area contributed by atoms with E-state index in [1.54, 1.807) is 103 Å². The topological polar surface area (TPSA) is 0 Å². The molecule has 0 aliphatic heterocycles. The number of hydrogen-bond acceptors (Lipinski definition) is 0. The Kier molecular flexibility index (Phi) is 6.23. The van der Waals surface area contributed by atoms with Crippen molar-refractivity contribution in [3.05, 3.63) is 0 Å². The highest BCUT2D eigenvalue weighted by molar-refractivity contribution is 4.86. The average Bonchev–Trinajstić information content (AvgIpc) is 2.65. The standard InChI is InChI=1S/C24H42/c1-2-9-21-16-13-19-14-17-23(18-15-19)24-12-6-5-11-22(24)10-4-3-8-20(21)7-1/h19-24H,1-18H2. The molecule has 0 amide bonds. The minimum Gasteiger partial charge on any atom is -0.0530 e. The summed E-state index contributed by atoms with van der Waals surface area (Å²) in [5.41, 5.74) is 0. The lowest BCUT2D eigenvalue weighted by Crippen LogP contribution is -2.30. The molecule has 0 nitrogen and oxygen atoms in total. The fraction of sp³-hybridized carbons (Fsp3) is 1.00. The van der Waals surface area contributed by atoms with Gasteiger partial charge in [-0.1, -0.05) is 89.9 Å². The first kappa shape index (κ1) is 17.4. The first-order valence-electron chi connectivity index (χ1n) is 11.9. The van der Waals surface area contributed by atoms with Gasteiger partial charge in [-0.3, -0.25) is 0 Å². The van der Waals surface area contributed by atoms with Crippen molar-refractivity contribution in [3.8, 4) is 0 Å². The van der Waals surface area contributed by atoms with Crippen molar-refractivity contribution in [2.45, 2.75) is 116 Å². The van der Waals surface area contributed by atoms with Crippen LogP contribution in [0.15, 0.2) is 0 Å². The highest BCUT2D eigenvalue weighted by Gasteiger charge is 2.35. The summed E-state index contributed by atoms with van der Waals surface area (Å²) < 4.78 is 0. The van der Waals surface area contributed by atoms with Crippen LogP contribution in [0.4, 0.5) is 0 Å². The van der Waals surface area contributed by atoms with E-state index in [1.807, 2.05) is 0 Å². The quantitative estimate of drug-likeness (QED) is 0.425. The Hall–Kier alpha value is 0. The maximum atomic E-state index is 1.60. The van der Waals surface area contributed by atoms with Crippen LogP contribution in [0.2, 0.25) is 0 Å². The van der Waals surface area contributed by atoms with Gasteiger partial charge in [-0.2, -0.15) is 0 Å². The van der Waals surface area contributed by atoms with Crippen LogP contribution >= 0.6 is 0 Å². The summed E-state index contributed by atoms with van der Waals surface area (Å²) in [6.07, 6.45) is 28.3. The highest BCUT2D eigenvalue weighted by Crippen LogP contribution is 2.46. The zero-order valence-corrected chi connectivity index (χ0v) is 16.2. The fourth-order valence-electron chi connectivity index (χ4n) is 7.43. The molecule has 4 unspecified atom stereocenters.